The largest absolute Gasteiger partial charge is 0.495 e. The molecule has 0 saturated carbocycles. The van der Waals surface area contributed by atoms with E-state index >= 15 is 0 Å². The van der Waals surface area contributed by atoms with Crippen LogP contribution in [0, 0.1) is 0 Å². The number of furan rings is 1. The minimum Gasteiger partial charge on any atom is -0.495 e. The van der Waals surface area contributed by atoms with Gasteiger partial charge in [-0.25, -0.2) is 0 Å². The Balaban J connectivity index is 2.35. The molecule has 17 heavy (non-hydrogen) atoms. The molecule has 2 nitrogen and oxygen atoms in total. The summed E-state index contributed by atoms with van der Waals surface area (Å²) >= 11 is 15.7. The van der Waals surface area contributed by atoms with E-state index in [4.69, 9.17) is 32.4 Å². The molecule has 1 aromatic carbocycles. The molecule has 0 aliphatic carbocycles. The van der Waals surface area contributed by atoms with E-state index < -0.39 is 0 Å². The molecule has 0 fully saturated rings. The van der Waals surface area contributed by atoms with Crippen LogP contribution in [0.1, 0.15) is 16.5 Å². The molecule has 0 saturated heterocycles. The van der Waals surface area contributed by atoms with Gasteiger partial charge < -0.3 is 9.15 Å². The first-order chi connectivity index (χ1) is 8.13. The molecule has 90 valence electrons. The van der Waals surface area contributed by atoms with Crippen molar-refractivity contribution in [2.24, 2.45) is 0 Å². The maximum absolute atomic E-state index is 6.36. The molecular weight excluding hydrogens is 327 g/mol. The highest BCUT2D eigenvalue weighted by atomic mass is 79.9. The average Bonchev–Trinajstić information content (AvgIpc) is 2.74. The number of methoxy groups -OCH3 is 1. The van der Waals surface area contributed by atoms with Gasteiger partial charge in [-0.1, -0.05) is 17.7 Å². The van der Waals surface area contributed by atoms with Gasteiger partial charge in [0.1, 0.15) is 5.75 Å². The molecular formula is C12H9BrCl2O2. The van der Waals surface area contributed by atoms with Crippen LogP contribution in [0.5, 0.6) is 5.75 Å². The number of rotatable bonds is 3. The van der Waals surface area contributed by atoms with Gasteiger partial charge in [0.25, 0.3) is 0 Å². The molecule has 0 aliphatic rings. The van der Waals surface area contributed by atoms with Crippen LogP contribution in [0.25, 0.3) is 0 Å². The lowest BCUT2D eigenvalue weighted by Gasteiger charge is -2.10. The summed E-state index contributed by atoms with van der Waals surface area (Å²) in [5.74, 6) is 0.630. The predicted molar refractivity (Wildman–Crippen MR) is 72.1 cm³/mol. The highest BCUT2D eigenvalue weighted by Crippen LogP contribution is 2.37. The molecule has 1 heterocycles. The Morgan fingerprint density at radius 3 is 2.65 bits per heavy atom. The topological polar surface area (TPSA) is 22.4 Å². The third-order valence-corrected chi connectivity index (χ3v) is 3.81. The number of benzene rings is 1. The first-order valence-electron chi connectivity index (χ1n) is 4.84. The molecule has 1 atom stereocenters. The number of ether oxygens (including phenoxy) is 1. The van der Waals surface area contributed by atoms with Crippen LogP contribution >= 0.6 is 39.1 Å². The van der Waals surface area contributed by atoms with Gasteiger partial charge in [0.05, 0.1) is 23.8 Å². The van der Waals surface area contributed by atoms with Crippen molar-refractivity contribution in [2.75, 3.05) is 7.11 Å². The summed E-state index contributed by atoms with van der Waals surface area (Å²) < 4.78 is 10.9. The van der Waals surface area contributed by atoms with Crippen LogP contribution in [0.2, 0.25) is 5.02 Å². The van der Waals surface area contributed by atoms with Crippen molar-refractivity contribution in [3.8, 4) is 5.75 Å². The van der Waals surface area contributed by atoms with Crippen molar-refractivity contribution >= 4 is 39.1 Å². The monoisotopic (exact) mass is 334 g/mol. The minimum absolute atomic E-state index is 0.313. The lowest BCUT2D eigenvalue weighted by molar-refractivity contribution is 0.415. The first kappa shape index (κ1) is 12.8. The highest BCUT2D eigenvalue weighted by Gasteiger charge is 2.17. The molecule has 2 aromatic rings. The number of alkyl halides is 1. The van der Waals surface area contributed by atoms with E-state index in [2.05, 4.69) is 15.9 Å². The summed E-state index contributed by atoms with van der Waals surface area (Å²) in [7, 11) is 1.58. The van der Waals surface area contributed by atoms with E-state index in [1.165, 1.54) is 0 Å². The van der Waals surface area contributed by atoms with Gasteiger partial charge in [0.2, 0.25) is 0 Å². The van der Waals surface area contributed by atoms with Crippen LogP contribution in [0.4, 0.5) is 0 Å². The van der Waals surface area contributed by atoms with Crippen molar-refractivity contribution in [3.05, 3.63) is 51.3 Å². The second kappa shape index (κ2) is 5.34. The predicted octanol–water partition coefficient (Wildman–Crippen LogP) is 5.03. The van der Waals surface area contributed by atoms with Gasteiger partial charge in [0.15, 0.2) is 4.67 Å². The SMILES string of the molecule is COc1ccc(C(Cl)c2ccoc2Br)cc1Cl. The van der Waals surface area contributed by atoms with E-state index in [1.807, 2.05) is 12.1 Å². The molecule has 0 spiro atoms. The minimum atomic E-state index is -0.313. The smallest absolute Gasteiger partial charge is 0.173 e. The van der Waals surface area contributed by atoms with E-state index in [0.29, 0.717) is 15.4 Å². The van der Waals surface area contributed by atoms with Crippen molar-refractivity contribution in [3.63, 3.8) is 0 Å². The van der Waals surface area contributed by atoms with Crippen LogP contribution in [-0.2, 0) is 0 Å². The molecule has 0 N–H and O–H groups in total. The Morgan fingerprint density at radius 2 is 2.12 bits per heavy atom. The van der Waals surface area contributed by atoms with Crippen molar-refractivity contribution in [1.82, 2.24) is 0 Å². The molecule has 1 aromatic heterocycles. The average molecular weight is 336 g/mol. The summed E-state index contributed by atoms with van der Waals surface area (Å²) in [4.78, 5) is 0. The zero-order valence-corrected chi connectivity index (χ0v) is 12.0. The summed E-state index contributed by atoms with van der Waals surface area (Å²) in [6.07, 6.45) is 1.58. The van der Waals surface area contributed by atoms with Crippen LogP contribution in [0.3, 0.4) is 0 Å². The van der Waals surface area contributed by atoms with Crippen LogP contribution in [0.15, 0.2) is 39.6 Å². The van der Waals surface area contributed by atoms with Gasteiger partial charge >= 0.3 is 0 Å². The molecule has 0 bridgehead atoms. The van der Waals surface area contributed by atoms with Gasteiger partial charge in [0, 0.05) is 5.56 Å². The Morgan fingerprint density at radius 1 is 1.35 bits per heavy atom. The molecule has 5 heteroatoms. The normalized spacial score (nSPS) is 12.5. The van der Waals surface area contributed by atoms with Crippen LogP contribution < -0.4 is 4.74 Å². The van der Waals surface area contributed by atoms with Gasteiger partial charge in [-0.2, -0.15) is 0 Å². The number of halogens is 3. The number of hydrogen-bond donors (Lipinski definition) is 0. The Bertz CT molecular complexity index is 525. The van der Waals surface area contributed by atoms with E-state index in [1.54, 1.807) is 25.5 Å². The number of hydrogen-bond acceptors (Lipinski definition) is 2. The Kier molecular flexibility index (Phi) is 4.02. The fraction of sp³-hybridized carbons (Fsp3) is 0.167. The Hall–Kier alpha value is -0.640. The molecule has 1 unspecified atom stereocenters. The van der Waals surface area contributed by atoms with E-state index in [0.717, 1.165) is 11.1 Å². The molecule has 0 aliphatic heterocycles. The fourth-order valence-electron chi connectivity index (χ4n) is 1.50. The fourth-order valence-corrected chi connectivity index (χ4v) is 2.68. The van der Waals surface area contributed by atoms with Crippen molar-refractivity contribution in [2.45, 2.75) is 5.38 Å². The van der Waals surface area contributed by atoms with Crippen LogP contribution in [-0.4, -0.2) is 7.11 Å². The lowest BCUT2D eigenvalue weighted by Crippen LogP contribution is -1.93. The maximum atomic E-state index is 6.36. The summed E-state index contributed by atoms with van der Waals surface area (Å²) in [5, 5.41) is 0.224. The van der Waals surface area contributed by atoms with E-state index in [9.17, 15) is 0 Å². The second-order valence-electron chi connectivity index (χ2n) is 3.41. The third kappa shape index (κ3) is 2.62. The second-order valence-corrected chi connectivity index (χ2v) is 4.97. The zero-order chi connectivity index (χ0) is 12.4. The molecule has 0 radical (unpaired) electrons. The molecule has 2 rings (SSSR count). The first-order valence-corrected chi connectivity index (χ1v) is 6.44. The Labute approximate surface area is 118 Å². The highest BCUT2D eigenvalue weighted by molar-refractivity contribution is 9.10. The van der Waals surface area contributed by atoms with Crippen molar-refractivity contribution < 1.29 is 9.15 Å². The lowest BCUT2D eigenvalue weighted by atomic mass is 10.1. The summed E-state index contributed by atoms with van der Waals surface area (Å²) in [6.45, 7) is 0. The standard InChI is InChI=1S/C12H9BrCl2O2/c1-16-10-3-2-7(6-9(10)14)11(15)8-4-5-17-12(8)13/h2-6,11H,1H3. The third-order valence-electron chi connectivity index (χ3n) is 2.39. The quantitative estimate of drug-likeness (QED) is 0.734. The van der Waals surface area contributed by atoms with Gasteiger partial charge in [-0.15, -0.1) is 11.6 Å². The van der Waals surface area contributed by atoms with Crippen molar-refractivity contribution in [1.29, 1.82) is 0 Å². The molecule has 0 amide bonds. The zero-order valence-electron chi connectivity index (χ0n) is 8.91. The summed E-state index contributed by atoms with van der Waals surface area (Å²) in [6, 6.07) is 7.28. The summed E-state index contributed by atoms with van der Waals surface area (Å²) in [5.41, 5.74) is 1.76. The van der Waals surface area contributed by atoms with Gasteiger partial charge in [-0.3, -0.25) is 0 Å². The van der Waals surface area contributed by atoms with Gasteiger partial charge in [-0.05, 0) is 39.7 Å². The van der Waals surface area contributed by atoms with E-state index in [-0.39, 0.29) is 5.38 Å². The maximum Gasteiger partial charge on any atom is 0.173 e.